The van der Waals surface area contributed by atoms with Crippen LogP contribution in [0.5, 0.6) is 0 Å². The van der Waals surface area contributed by atoms with Crippen LogP contribution in [0.1, 0.15) is 40.5 Å². The Morgan fingerprint density at radius 1 is 1.20 bits per heavy atom. The summed E-state index contributed by atoms with van der Waals surface area (Å²) in [6, 6.07) is 0. The van der Waals surface area contributed by atoms with Gasteiger partial charge in [0.2, 0.25) is 0 Å². The maximum atomic E-state index is 6.81. The number of halogens is 2. The van der Waals surface area contributed by atoms with Gasteiger partial charge in [0, 0.05) is 6.42 Å². The number of rotatable bonds is 4. The van der Waals surface area contributed by atoms with Gasteiger partial charge in [-0.1, -0.05) is 38.5 Å². The Kier molecular flexibility index (Phi) is 11.6. The molecule has 0 aromatic heterocycles. The van der Waals surface area contributed by atoms with Gasteiger partial charge < -0.3 is 29.2 Å². The standard InChI is InChI=1S/C19H29OSSi.2ClH.Ti/c1-15-12-13-19(20-22(5,6)7,17(14-15)18(2,3)4)21-16-10-8-9-11-16;;;/h8,10,12,14H,9,13H2,1-7H3;2*1H;/q-1;;;+3/p-2. The van der Waals surface area contributed by atoms with E-state index in [-0.39, 0.29) is 56.9 Å². The van der Waals surface area contributed by atoms with E-state index in [0.29, 0.717) is 0 Å². The Balaban J connectivity index is 0. The molecule has 25 heavy (non-hydrogen) atoms. The fourth-order valence-corrected chi connectivity index (χ4v) is 6.35. The Hall–Kier alpha value is 0.781. The molecule has 0 aromatic rings. The van der Waals surface area contributed by atoms with Gasteiger partial charge in [0.15, 0.2) is 8.32 Å². The number of hydrogen-bond donors (Lipinski definition) is 0. The van der Waals surface area contributed by atoms with Crippen molar-refractivity contribution in [1.29, 1.82) is 0 Å². The molecule has 0 spiro atoms. The zero-order valence-electron chi connectivity index (χ0n) is 16.3. The van der Waals surface area contributed by atoms with Crippen molar-refractivity contribution in [1.82, 2.24) is 0 Å². The average Bonchev–Trinajstić information content (AvgIpc) is 2.81. The summed E-state index contributed by atoms with van der Waals surface area (Å²) in [5, 5.41) is 0. The molecule has 2 aliphatic rings. The van der Waals surface area contributed by atoms with E-state index in [2.05, 4.69) is 77.7 Å². The average molecular weight is 452 g/mol. The first kappa shape index (κ1) is 28.0. The van der Waals surface area contributed by atoms with Gasteiger partial charge in [-0.05, 0) is 37.6 Å². The van der Waals surface area contributed by atoms with Gasteiger partial charge >= 0.3 is 21.7 Å². The minimum absolute atomic E-state index is 0. The molecule has 0 N–H and O–H groups in total. The van der Waals surface area contributed by atoms with Crippen molar-refractivity contribution >= 4 is 20.1 Å². The summed E-state index contributed by atoms with van der Waals surface area (Å²) in [5.41, 5.74) is 2.84. The molecule has 2 rings (SSSR count). The predicted molar refractivity (Wildman–Crippen MR) is 101 cm³/mol. The Bertz CT molecular complexity index is 571. The van der Waals surface area contributed by atoms with Crippen LogP contribution in [0.2, 0.25) is 19.6 Å². The second kappa shape index (κ2) is 10.4. The summed E-state index contributed by atoms with van der Waals surface area (Å²) in [4.78, 5) is 0.945. The molecule has 0 bridgehead atoms. The van der Waals surface area contributed by atoms with Crippen LogP contribution in [-0.4, -0.2) is 13.3 Å². The molecule has 139 valence electrons. The van der Waals surface area contributed by atoms with Crippen LogP contribution in [0.25, 0.3) is 0 Å². The Labute approximate surface area is 187 Å². The van der Waals surface area contributed by atoms with Crippen LogP contribution in [-0.2, 0) is 26.1 Å². The monoisotopic (exact) mass is 451 g/mol. The van der Waals surface area contributed by atoms with E-state index in [4.69, 9.17) is 4.43 Å². The van der Waals surface area contributed by atoms with Crippen LogP contribution in [0, 0.1) is 11.5 Å². The summed E-state index contributed by atoms with van der Waals surface area (Å²) in [6.07, 6.45) is 14.3. The van der Waals surface area contributed by atoms with Crippen LogP contribution in [0.4, 0.5) is 0 Å². The van der Waals surface area contributed by atoms with Crippen molar-refractivity contribution in [3.05, 3.63) is 46.4 Å². The molecule has 1 nitrogen and oxygen atoms in total. The summed E-state index contributed by atoms with van der Waals surface area (Å²) in [6.45, 7) is 15.9. The summed E-state index contributed by atoms with van der Waals surface area (Å²) in [5.74, 6) is 0. The Morgan fingerprint density at radius 2 is 1.80 bits per heavy atom. The third-order valence-electron chi connectivity index (χ3n) is 3.69. The summed E-state index contributed by atoms with van der Waals surface area (Å²) < 4.78 is 6.81. The number of hydrogen-bond acceptors (Lipinski definition) is 2. The van der Waals surface area contributed by atoms with E-state index < -0.39 is 8.32 Å². The van der Waals surface area contributed by atoms with Gasteiger partial charge in [-0.3, -0.25) is 6.08 Å². The maximum Gasteiger partial charge on any atom is 3.00 e. The SMILES string of the molecule is CC1=CCC(O[Si](C)(C)C)(SC2=[C-]CC=C2)C(C(C)(C)C)=C1.[Cl-].[Cl-].[Ti+3]. The molecule has 0 aromatic carbocycles. The molecule has 1 atom stereocenters. The molecule has 0 heterocycles. The molecular formula is C19H29Cl2OSSiTi. The van der Waals surface area contributed by atoms with Crippen molar-refractivity contribution in [2.45, 2.75) is 65.1 Å². The second-order valence-corrected chi connectivity index (χ2v) is 13.9. The molecule has 0 aliphatic heterocycles. The maximum absolute atomic E-state index is 6.81. The smallest absolute Gasteiger partial charge is 1.00 e. The van der Waals surface area contributed by atoms with Crippen LogP contribution < -0.4 is 24.8 Å². The minimum Gasteiger partial charge on any atom is -1.00 e. The first-order valence-electron chi connectivity index (χ1n) is 8.08. The zero-order chi connectivity index (χ0) is 16.6. The van der Waals surface area contributed by atoms with Crippen molar-refractivity contribution in [3.8, 4) is 0 Å². The topological polar surface area (TPSA) is 9.23 Å². The van der Waals surface area contributed by atoms with Gasteiger partial charge in [0.1, 0.15) is 4.93 Å². The van der Waals surface area contributed by atoms with E-state index in [1.165, 1.54) is 16.1 Å². The van der Waals surface area contributed by atoms with E-state index in [9.17, 15) is 0 Å². The first-order chi connectivity index (χ1) is 10.0. The van der Waals surface area contributed by atoms with Gasteiger partial charge in [-0.2, -0.15) is 11.0 Å². The second-order valence-electron chi connectivity index (χ2n) is 8.18. The van der Waals surface area contributed by atoms with Crippen molar-refractivity contribution < 1.29 is 51.0 Å². The first-order valence-corrected chi connectivity index (χ1v) is 12.3. The van der Waals surface area contributed by atoms with Crippen molar-refractivity contribution in [3.63, 3.8) is 0 Å². The van der Waals surface area contributed by atoms with Crippen molar-refractivity contribution in [2.75, 3.05) is 0 Å². The molecule has 6 heteroatoms. The molecule has 0 saturated carbocycles. The van der Waals surface area contributed by atoms with Gasteiger partial charge in [-0.25, -0.2) is 6.08 Å². The molecule has 1 unspecified atom stereocenters. The third kappa shape index (κ3) is 7.73. The van der Waals surface area contributed by atoms with Crippen LogP contribution in [0.15, 0.2) is 40.4 Å². The summed E-state index contributed by atoms with van der Waals surface area (Å²) in [7, 11) is -1.69. The van der Waals surface area contributed by atoms with E-state index >= 15 is 0 Å². The van der Waals surface area contributed by atoms with E-state index in [1.54, 1.807) is 0 Å². The minimum atomic E-state index is -1.69. The summed E-state index contributed by atoms with van der Waals surface area (Å²) >= 11 is 1.86. The molecule has 1 radical (unpaired) electrons. The van der Waals surface area contributed by atoms with Crippen molar-refractivity contribution in [2.24, 2.45) is 5.41 Å². The molecular weight excluding hydrogens is 423 g/mol. The van der Waals surface area contributed by atoms with Gasteiger partial charge in [0.25, 0.3) is 0 Å². The van der Waals surface area contributed by atoms with E-state index in [0.717, 1.165) is 12.8 Å². The van der Waals surface area contributed by atoms with Crippen LogP contribution in [0.3, 0.4) is 0 Å². The van der Waals surface area contributed by atoms with E-state index in [1.807, 2.05) is 11.8 Å². The zero-order valence-corrected chi connectivity index (χ0v) is 21.2. The normalized spacial score (nSPS) is 22.8. The molecule has 0 saturated heterocycles. The third-order valence-corrected chi connectivity index (χ3v) is 6.10. The van der Waals surface area contributed by atoms with Gasteiger partial charge in [0.05, 0.1) is 0 Å². The fourth-order valence-electron chi connectivity index (χ4n) is 2.93. The quantitative estimate of drug-likeness (QED) is 0.344. The Morgan fingerprint density at radius 3 is 2.24 bits per heavy atom. The largest absolute Gasteiger partial charge is 3.00 e. The molecule has 0 amide bonds. The molecule has 2 aliphatic carbocycles. The van der Waals surface area contributed by atoms with Crippen LogP contribution >= 0.6 is 11.8 Å². The number of allylic oxidation sites excluding steroid dienone is 5. The molecule has 0 fully saturated rings. The fraction of sp³-hybridized carbons (Fsp3) is 0.579. The van der Waals surface area contributed by atoms with Gasteiger partial charge in [-0.15, -0.1) is 18.2 Å². The predicted octanol–water partition coefficient (Wildman–Crippen LogP) is 0.242. The number of thioether (sulfide) groups is 1.